The number of benzene rings is 3. The molecule has 0 bridgehead atoms. The highest BCUT2D eigenvalue weighted by Gasteiger charge is 2.16. The molecule has 0 saturated heterocycles. The molecule has 1 atom stereocenters. The van der Waals surface area contributed by atoms with Crippen LogP contribution < -0.4 is 0 Å². The first kappa shape index (κ1) is 23.4. The zero-order valence-corrected chi connectivity index (χ0v) is 18.1. The Hall–Kier alpha value is -3.31. The molecule has 0 radical (unpaired) electrons. The summed E-state index contributed by atoms with van der Waals surface area (Å²) >= 11 is 0. The summed E-state index contributed by atoms with van der Waals surface area (Å²) in [7, 11) is 0. The fourth-order valence-corrected chi connectivity index (χ4v) is 3.68. The molecular formula is C27H26F2O3. The lowest BCUT2D eigenvalue weighted by Crippen LogP contribution is -2.18. The van der Waals surface area contributed by atoms with Crippen molar-refractivity contribution in [3.8, 4) is 11.1 Å². The van der Waals surface area contributed by atoms with Crippen LogP contribution in [0.3, 0.4) is 0 Å². The van der Waals surface area contributed by atoms with Gasteiger partial charge in [0.05, 0.1) is 12.5 Å². The predicted octanol–water partition coefficient (Wildman–Crippen LogP) is 6.04. The maximum absolute atomic E-state index is 14.3. The predicted molar refractivity (Wildman–Crippen MR) is 123 cm³/mol. The molecule has 32 heavy (non-hydrogen) atoms. The molecule has 3 nitrogen and oxygen atoms in total. The van der Waals surface area contributed by atoms with Gasteiger partial charge in [0.25, 0.3) is 0 Å². The molecular weight excluding hydrogens is 410 g/mol. The van der Waals surface area contributed by atoms with Crippen LogP contribution in [0, 0.1) is 31.4 Å². The van der Waals surface area contributed by atoms with E-state index in [4.69, 9.17) is 5.11 Å². The minimum absolute atomic E-state index is 0.229. The summed E-state index contributed by atoms with van der Waals surface area (Å²) in [6, 6.07) is 15.6. The van der Waals surface area contributed by atoms with Gasteiger partial charge in [-0.2, -0.15) is 0 Å². The van der Waals surface area contributed by atoms with Crippen molar-refractivity contribution < 1.29 is 23.8 Å². The summed E-state index contributed by atoms with van der Waals surface area (Å²) in [6.45, 7) is 3.49. The van der Waals surface area contributed by atoms with Crippen molar-refractivity contribution in [2.75, 3.05) is 6.61 Å². The third-order valence-corrected chi connectivity index (χ3v) is 5.75. The van der Waals surface area contributed by atoms with Crippen LogP contribution in [-0.4, -0.2) is 22.8 Å². The number of hydrogen-bond acceptors (Lipinski definition) is 2. The number of rotatable bonds is 8. The van der Waals surface area contributed by atoms with Crippen LogP contribution >= 0.6 is 0 Å². The molecule has 2 N–H and O–H groups in total. The number of carboxylic acid groups (broad SMARTS) is 1. The molecule has 0 amide bonds. The summed E-state index contributed by atoms with van der Waals surface area (Å²) in [5, 5.41) is 18.3. The molecule has 0 aliphatic heterocycles. The number of aryl methyl sites for hydroxylation is 2. The van der Waals surface area contributed by atoms with Gasteiger partial charge in [0, 0.05) is 5.56 Å². The highest BCUT2D eigenvalue weighted by Crippen LogP contribution is 2.30. The lowest BCUT2D eigenvalue weighted by Gasteiger charge is -2.11. The summed E-state index contributed by atoms with van der Waals surface area (Å²) < 4.78 is 28.0. The topological polar surface area (TPSA) is 57.5 Å². The molecule has 0 saturated carbocycles. The molecule has 0 heterocycles. The quantitative estimate of drug-likeness (QED) is 0.423. The monoisotopic (exact) mass is 436 g/mol. The summed E-state index contributed by atoms with van der Waals surface area (Å²) in [4.78, 5) is 11.1. The Morgan fingerprint density at radius 3 is 2.38 bits per heavy atom. The SMILES string of the molecule is Cc1ccc(CCC(CO)C(=O)O)cc1/C=C/c1cccc(-c2cccc(F)c2F)c1C. The van der Waals surface area contributed by atoms with E-state index in [0.29, 0.717) is 18.4 Å². The second-order valence-electron chi connectivity index (χ2n) is 7.90. The van der Waals surface area contributed by atoms with Crippen molar-refractivity contribution in [3.05, 3.63) is 94.0 Å². The zero-order chi connectivity index (χ0) is 23.3. The molecule has 0 aliphatic carbocycles. The molecule has 3 aromatic rings. The number of hydrogen-bond donors (Lipinski definition) is 2. The Bertz CT molecular complexity index is 1150. The van der Waals surface area contributed by atoms with Gasteiger partial charge in [-0.05, 0) is 66.1 Å². The van der Waals surface area contributed by atoms with Crippen molar-refractivity contribution >= 4 is 18.1 Å². The Morgan fingerprint density at radius 1 is 0.969 bits per heavy atom. The largest absolute Gasteiger partial charge is 0.481 e. The first-order valence-electron chi connectivity index (χ1n) is 10.5. The summed E-state index contributed by atoms with van der Waals surface area (Å²) in [5.74, 6) is -3.50. The third-order valence-electron chi connectivity index (χ3n) is 5.75. The number of carbonyl (C=O) groups is 1. The molecule has 1 unspecified atom stereocenters. The molecule has 0 aliphatic rings. The Balaban J connectivity index is 1.86. The van der Waals surface area contributed by atoms with Gasteiger partial charge in [0.15, 0.2) is 11.6 Å². The average Bonchev–Trinajstić information content (AvgIpc) is 2.77. The second-order valence-corrected chi connectivity index (χ2v) is 7.90. The lowest BCUT2D eigenvalue weighted by atomic mass is 9.94. The number of aliphatic carboxylic acids is 1. The maximum Gasteiger partial charge on any atom is 0.308 e. The van der Waals surface area contributed by atoms with E-state index in [1.165, 1.54) is 6.07 Å². The maximum atomic E-state index is 14.3. The second kappa shape index (κ2) is 10.3. The lowest BCUT2D eigenvalue weighted by molar-refractivity contribution is -0.143. The molecule has 0 spiro atoms. The van der Waals surface area contributed by atoms with Crippen molar-refractivity contribution in [3.63, 3.8) is 0 Å². The molecule has 0 fully saturated rings. The van der Waals surface area contributed by atoms with Crippen LogP contribution in [0.5, 0.6) is 0 Å². The van der Waals surface area contributed by atoms with Gasteiger partial charge in [0.2, 0.25) is 0 Å². The minimum atomic E-state index is -0.996. The van der Waals surface area contributed by atoms with E-state index in [2.05, 4.69) is 0 Å². The van der Waals surface area contributed by atoms with Gasteiger partial charge in [0.1, 0.15) is 0 Å². The van der Waals surface area contributed by atoms with E-state index >= 15 is 0 Å². The highest BCUT2D eigenvalue weighted by atomic mass is 19.2. The standard InChI is InChI=1S/C27H26F2O3/c1-17-9-10-19(11-12-22(16-30)27(31)32)15-21(17)14-13-20-5-3-6-23(18(20)2)24-7-4-8-25(28)26(24)29/h3-10,13-15,22,30H,11-12,16H2,1-2H3,(H,31,32)/b14-13+. The van der Waals surface area contributed by atoms with Crippen LogP contribution in [0.2, 0.25) is 0 Å². The van der Waals surface area contributed by atoms with Crippen LogP contribution in [-0.2, 0) is 11.2 Å². The molecule has 5 heteroatoms. The van der Waals surface area contributed by atoms with E-state index in [0.717, 1.165) is 33.9 Å². The van der Waals surface area contributed by atoms with E-state index in [1.54, 1.807) is 12.1 Å². The number of carboxylic acids is 1. The van der Waals surface area contributed by atoms with E-state index in [1.807, 2.05) is 56.3 Å². The minimum Gasteiger partial charge on any atom is -0.481 e. The summed E-state index contributed by atoms with van der Waals surface area (Å²) in [6.07, 6.45) is 4.81. The fourth-order valence-electron chi connectivity index (χ4n) is 3.68. The van der Waals surface area contributed by atoms with Crippen LogP contribution in [0.1, 0.15) is 34.2 Å². The first-order valence-corrected chi connectivity index (χ1v) is 10.5. The zero-order valence-electron chi connectivity index (χ0n) is 18.1. The van der Waals surface area contributed by atoms with Crippen LogP contribution in [0.4, 0.5) is 8.78 Å². The highest BCUT2D eigenvalue weighted by molar-refractivity contribution is 5.78. The fraction of sp³-hybridized carbons (Fsp3) is 0.222. The number of aliphatic hydroxyl groups excluding tert-OH is 1. The summed E-state index contributed by atoms with van der Waals surface area (Å²) in [5.41, 5.74) is 5.64. The normalized spacial score (nSPS) is 12.3. The van der Waals surface area contributed by atoms with E-state index in [-0.39, 0.29) is 12.2 Å². The van der Waals surface area contributed by atoms with Crippen molar-refractivity contribution in [1.29, 1.82) is 0 Å². The molecule has 3 aromatic carbocycles. The van der Waals surface area contributed by atoms with Gasteiger partial charge in [-0.1, -0.05) is 60.7 Å². The third kappa shape index (κ3) is 5.29. The van der Waals surface area contributed by atoms with E-state index < -0.39 is 23.5 Å². The first-order chi connectivity index (χ1) is 15.3. The van der Waals surface area contributed by atoms with Gasteiger partial charge < -0.3 is 10.2 Å². The Morgan fingerprint density at radius 2 is 1.66 bits per heavy atom. The smallest absolute Gasteiger partial charge is 0.308 e. The van der Waals surface area contributed by atoms with Gasteiger partial charge in [-0.15, -0.1) is 0 Å². The van der Waals surface area contributed by atoms with Crippen molar-refractivity contribution in [2.45, 2.75) is 26.7 Å². The van der Waals surface area contributed by atoms with Crippen LogP contribution in [0.15, 0.2) is 54.6 Å². The van der Waals surface area contributed by atoms with Gasteiger partial charge >= 0.3 is 5.97 Å². The number of aliphatic hydroxyl groups is 1. The Labute approximate surface area is 186 Å². The average molecular weight is 436 g/mol. The Kier molecular flexibility index (Phi) is 7.54. The number of halogens is 2. The van der Waals surface area contributed by atoms with E-state index in [9.17, 15) is 18.7 Å². The van der Waals surface area contributed by atoms with Crippen molar-refractivity contribution in [2.24, 2.45) is 5.92 Å². The molecule has 3 rings (SSSR count). The molecule has 0 aromatic heterocycles. The van der Waals surface area contributed by atoms with Gasteiger partial charge in [-0.3, -0.25) is 4.79 Å². The van der Waals surface area contributed by atoms with Crippen molar-refractivity contribution in [1.82, 2.24) is 0 Å². The van der Waals surface area contributed by atoms with Crippen LogP contribution in [0.25, 0.3) is 23.3 Å². The van der Waals surface area contributed by atoms with Gasteiger partial charge in [-0.25, -0.2) is 8.78 Å². The molecule has 166 valence electrons.